The maximum atomic E-state index is 4.26. The van der Waals surface area contributed by atoms with E-state index in [2.05, 4.69) is 55.3 Å². The van der Waals surface area contributed by atoms with Gasteiger partial charge in [0.25, 0.3) is 0 Å². The molecule has 11 heavy (non-hydrogen) atoms. The predicted octanol–water partition coefficient (Wildman–Crippen LogP) is 3.30. The van der Waals surface area contributed by atoms with Crippen LogP contribution in [0.1, 0.15) is 25.6 Å². The lowest BCUT2D eigenvalue weighted by Gasteiger charge is -2.09. The number of nitrogens with zero attached hydrogens (tertiary/aromatic N) is 2. The van der Waals surface area contributed by atoms with E-state index in [-0.39, 0.29) is 0 Å². The molecule has 2 nitrogen and oxygen atoms in total. The summed E-state index contributed by atoms with van der Waals surface area (Å²) in [5.41, 5.74) is 1.02. The molecule has 0 atom stereocenters. The SMILES string of the molecule is Cc1nc(Br)n(C(C)C)c1Br. The van der Waals surface area contributed by atoms with Gasteiger partial charge in [-0.15, -0.1) is 0 Å². The van der Waals surface area contributed by atoms with Gasteiger partial charge in [-0.1, -0.05) is 0 Å². The summed E-state index contributed by atoms with van der Waals surface area (Å²) in [6.07, 6.45) is 0. The van der Waals surface area contributed by atoms with Gasteiger partial charge in [-0.25, -0.2) is 4.98 Å². The van der Waals surface area contributed by atoms with Crippen molar-refractivity contribution in [2.45, 2.75) is 26.8 Å². The molecule has 0 saturated heterocycles. The van der Waals surface area contributed by atoms with Gasteiger partial charge in [-0.05, 0) is 52.6 Å². The summed E-state index contributed by atoms with van der Waals surface area (Å²) < 4.78 is 4.03. The maximum absolute atomic E-state index is 4.26. The van der Waals surface area contributed by atoms with Crippen molar-refractivity contribution in [2.24, 2.45) is 0 Å². The molecule has 0 amide bonds. The molecule has 0 aliphatic rings. The zero-order valence-corrected chi connectivity index (χ0v) is 9.90. The Morgan fingerprint density at radius 1 is 1.36 bits per heavy atom. The van der Waals surface area contributed by atoms with E-state index in [9.17, 15) is 0 Å². The van der Waals surface area contributed by atoms with Crippen LogP contribution in [0.2, 0.25) is 0 Å². The van der Waals surface area contributed by atoms with Crippen molar-refractivity contribution < 1.29 is 0 Å². The van der Waals surface area contributed by atoms with Gasteiger partial charge in [0.1, 0.15) is 4.60 Å². The second kappa shape index (κ2) is 3.27. The normalized spacial score (nSPS) is 11.1. The molecule has 0 radical (unpaired) electrons. The summed E-state index contributed by atoms with van der Waals surface area (Å²) in [6.45, 7) is 6.22. The third-order valence-corrected chi connectivity index (χ3v) is 3.00. The van der Waals surface area contributed by atoms with Crippen LogP contribution in [0.5, 0.6) is 0 Å². The molecule has 0 fully saturated rings. The highest BCUT2D eigenvalue weighted by Crippen LogP contribution is 2.25. The first kappa shape index (κ1) is 9.26. The first-order valence-electron chi connectivity index (χ1n) is 3.44. The molecular formula is C7H10Br2N2. The molecule has 1 heterocycles. The van der Waals surface area contributed by atoms with Crippen LogP contribution in [-0.2, 0) is 0 Å². The van der Waals surface area contributed by atoms with Crippen molar-refractivity contribution >= 4 is 31.9 Å². The van der Waals surface area contributed by atoms with Crippen LogP contribution in [0.25, 0.3) is 0 Å². The lowest BCUT2D eigenvalue weighted by atomic mass is 10.4. The van der Waals surface area contributed by atoms with Gasteiger partial charge in [0.15, 0.2) is 4.73 Å². The Hall–Kier alpha value is 0.170. The van der Waals surface area contributed by atoms with Crippen LogP contribution in [0.3, 0.4) is 0 Å². The van der Waals surface area contributed by atoms with Gasteiger partial charge in [0.05, 0.1) is 5.69 Å². The van der Waals surface area contributed by atoms with Crippen molar-refractivity contribution in [3.63, 3.8) is 0 Å². The lowest BCUT2D eigenvalue weighted by molar-refractivity contribution is 0.576. The molecule has 1 aromatic rings. The van der Waals surface area contributed by atoms with Crippen molar-refractivity contribution in [3.05, 3.63) is 15.0 Å². The molecule has 4 heteroatoms. The molecule has 1 rings (SSSR count). The zero-order valence-electron chi connectivity index (χ0n) is 6.73. The van der Waals surface area contributed by atoms with Crippen LogP contribution in [0, 0.1) is 6.92 Å². The summed E-state index contributed by atoms with van der Waals surface area (Å²) in [6, 6.07) is 0.431. The van der Waals surface area contributed by atoms with Crippen LogP contribution < -0.4 is 0 Å². The fourth-order valence-electron chi connectivity index (χ4n) is 0.933. The zero-order chi connectivity index (χ0) is 8.59. The number of halogens is 2. The summed E-state index contributed by atoms with van der Waals surface area (Å²) >= 11 is 6.86. The van der Waals surface area contributed by atoms with Crippen molar-refractivity contribution in [1.29, 1.82) is 0 Å². The van der Waals surface area contributed by atoms with Crippen LogP contribution >= 0.6 is 31.9 Å². The number of rotatable bonds is 1. The van der Waals surface area contributed by atoms with E-state index in [1.54, 1.807) is 0 Å². The molecule has 0 aliphatic heterocycles. The second-order valence-corrected chi connectivity index (χ2v) is 4.18. The Kier molecular flexibility index (Phi) is 2.75. The standard InChI is InChI=1S/C7H10Br2N2/c1-4(2)11-6(8)5(3)10-7(11)9/h4H,1-3H3. The minimum atomic E-state index is 0.431. The Bertz CT molecular complexity index is 266. The summed E-state index contributed by atoms with van der Waals surface area (Å²) in [5.74, 6) is 0. The van der Waals surface area contributed by atoms with Crippen LogP contribution in [-0.4, -0.2) is 9.55 Å². The molecule has 0 spiro atoms. The third kappa shape index (κ3) is 1.67. The quantitative estimate of drug-likeness (QED) is 0.772. The van der Waals surface area contributed by atoms with E-state index < -0.39 is 0 Å². The Balaban J connectivity index is 3.22. The summed E-state index contributed by atoms with van der Waals surface area (Å²) in [4.78, 5) is 4.26. The summed E-state index contributed by atoms with van der Waals surface area (Å²) in [7, 11) is 0. The Morgan fingerprint density at radius 3 is 2.09 bits per heavy atom. The number of hydrogen-bond acceptors (Lipinski definition) is 1. The van der Waals surface area contributed by atoms with Crippen LogP contribution in [0.4, 0.5) is 0 Å². The van der Waals surface area contributed by atoms with E-state index in [1.807, 2.05) is 6.92 Å². The van der Waals surface area contributed by atoms with E-state index in [0.29, 0.717) is 6.04 Å². The minimum absolute atomic E-state index is 0.431. The van der Waals surface area contributed by atoms with Gasteiger partial charge >= 0.3 is 0 Å². The molecule has 0 aliphatic carbocycles. The molecule has 0 N–H and O–H groups in total. The minimum Gasteiger partial charge on any atom is -0.311 e. The Morgan fingerprint density at radius 2 is 1.91 bits per heavy atom. The largest absolute Gasteiger partial charge is 0.311 e. The van der Waals surface area contributed by atoms with Crippen molar-refractivity contribution in [1.82, 2.24) is 9.55 Å². The average molecular weight is 282 g/mol. The monoisotopic (exact) mass is 280 g/mol. The molecule has 1 aromatic heterocycles. The van der Waals surface area contributed by atoms with Gasteiger partial charge in [-0.2, -0.15) is 0 Å². The molecular weight excluding hydrogens is 272 g/mol. The van der Waals surface area contributed by atoms with Crippen molar-refractivity contribution in [3.8, 4) is 0 Å². The van der Waals surface area contributed by atoms with E-state index in [0.717, 1.165) is 15.0 Å². The first-order valence-corrected chi connectivity index (χ1v) is 5.02. The predicted molar refractivity (Wildman–Crippen MR) is 52.7 cm³/mol. The van der Waals surface area contributed by atoms with Gasteiger partial charge in [-0.3, -0.25) is 0 Å². The average Bonchev–Trinajstić information content (AvgIpc) is 2.07. The van der Waals surface area contributed by atoms with E-state index in [1.165, 1.54) is 0 Å². The first-order chi connectivity index (χ1) is 5.04. The highest BCUT2D eigenvalue weighted by Gasteiger charge is 2.11. The fraction of sp³-hybridized carbons (Fsp3) is 0.571. The Labute approximate surface area is 83.3 Å². The maximum Gasteiger partial charge on any atom is 0.178 e. The van der Waals surface area contributed by atoms with E-state index >= 15 is 0 Å². The molecule has 0 saturated carbocycles. The highest BCUT2D eigenvalue weighted by atomic mass is 79.9. The van der Waals surface area contributed by atoms with Crippen LogP contribution in [0.15, 0.2) is 9.34 Å². The van der Waals surface area contributed by atoms with Gasteiger partial charge in [0, 0.05) is 6.04 Å². The number of hydrogen-bond donors (Lipinski definition) is 0. The molecule has 62 valence electrons. The smallest absolute Gasteiger partial charge is 0.178 e. The number of imidazole rings is 1. The number of aryl methyl sites for hydroxylation is 1. The topological polar surface area (TPSA) is 17.8 Å². The second-order valence-electron chi connectivity index (χ2n) is 2.72. The molecule has 0 aromatic carbocycles. The van der Waals surface area contributed by atoms with E-state index in [4.69, 9.17) is 0 Å². The summed E-state index contributed by atoms with van der Waals surface area (Å²) in [5, 5.41) is 0. The molecule has 0 unspecified atom stereocenters. The lowest BCUT2D eigenvalue weighted by Crippen LogP contribution is -2.00. The van der Waals surface area contributed by atoms with Gasteiger partial charge in [0.2, 0.25) is 0 Å². The third-order valence-electron chi connectivity index (χ3n) is 1.49. The van der Waals surface area contributed by atoms with Crippen molar-refractivity contribution in [2.75, 3.05) is 0 Å². The number of aromatic nitrogens is 2. The molecule has 0 bridgehead atoms. The fourth-order valence-corrected chi connectivity index (χ4v) is 2.69. The van der Waals surface area contributed by atoms with Gasteiger partial charge < -0.3 is 4.57 Å². The highest BCUT2D eigenvalue weighted by molar-refractivity contribution is 9.11.